The molecule has 3 rings (SSSR count). The number of epoxide rings is 1. The third kappa shape index (κ3) is 6.27. The van der Waals surface area contributed by atoms with E-state index in [-0.39, 0.29) is 30.1 Å². The van der Waals surface area contributed by atoms with Gasteiger partial charge in [-0.15, -0.1) is 0 Å². The molecule has 2 aromatic carbocycles. The Morgan fingerprint density at radius 1 is 1.06 bits per heavy atom. The minimum Gasteiger partial charge on any atom is -0.394 e. The second-order valence-electron chi connectivity index (χ2n) is 8.91. The van der Waals surface area contributed by atoms with Crippen molar-refractivity contribution in [2.24, 2.45) is 5.92 Å². The molecule has 1 saturated heterocycles. The predicted octanol–water partition coefficient (Wildman–Crippen LogP) is 1.58. The number of carbonyl (C=O) groups is 3. The van der Waals surface area contributed by atoms with Gasteiger partial charge in [0.05, 0.1) is 25.9 Å². The van der Waals surface area contributed by atoms with Crippen LogP contribution in [-0.2, 0) is 14.3 Å². The van der Waals surface area contributed by atoms with Crippen LogP contribution in [0.4, 0.5) is 8.78 Å². The summed E-state index contributed by atoms with van der Waals surface area (Å²) in [5.41, 5.74) is -0.840. The van der Waals surface area contributed by atoms with Gasteiger partial charge in [-0.05, 0) is 42.2 Å². The number of carbonyl (C=O) groups excluding carboxylic acids is 3. The summed E-state index contributed by atoms with van der Waals surface area (Å²) in [7, 11) is 0. The molecular weight excluding hydrogens is 462 g/mol. The highest BCUT2D eigenvalue weighted by Crippen LogP contribution is 2.30. The zero-order valence-corrected chi connectivity index (χ0v) is 19.4. The summed E-state index contributed by atoms with van der Waals surface area (Å²) in [5.74, 6) is -3.47. The number of Topliss-reactive ketones (excluding diaryl/α,β-unsaturated/α-hetero) is 1. The van der Waals surface area contributed by atoms with Crippen molar-refractivity contribution in [1.82, 2.24) is 10.6 Å². The number of ketones is 1. The Hall–Kier alpha value is -3.21. The van der Waals surface area contributed by atoms with E-state index in [4.69, 9.17) is 4.74 Å². The second-order valence-corrected chi connectivity index (χ2v) is 8.91. The van der Waals surface area contributed by atoms with Crippen molar-refractivity contribution in [2.75, 3.05) is 19.8 Å². The summed E-state index contributed by atoms with van der Waals surface area (Å²) >= 11 is 0. The first-order valence-electron chi connectivity index (χ1n) is 11.2. The van der Waals surface area contributed by atoms with Crippen molar-refractivity contribution in [1.29, 1.82) is 0 Å². The molecule has 3 atom stereocenters. The molecule has 0 radical (unpaired) electrons. The molecule has 0 spiro atoms. The normalized spacial score (nSPS) is 18.6. The maximum absolute atomic E-state index is 14.2. The lowest BCUT2D eigenvalue weighted by Gasteiger charge is -2.24. The molecule has 0 aromatic heterocycles. The topological polar surface area (TPSA) is 128 Å². The Morgan fingerprint density at radius 2 is 1.77 bits per heavy atom. The van der Waals surface area contributed by atoms with E-state index in [0.717, 1.165) is 12.1 Å². The minimum absolute atomic E-state index is 0.0236. The van der Waals surface area contributed by atoms with E-state index < -0.39 is 60.1 Å². The minimum atomic E-state index is -1.37. The Balaban J connectivity index is 1.72. The number of amides is 2. The van der Waals surface area contributed by atoms with E-state index in [1.165, 1.54) is 24.3 Å². The van der Waals surface area contributed by atoms with Crippen molar-refractivity contribution >= 4 is 17.6 Å². The van der Waals surface area contributed by atoms with Gasteiger partial charge in [0.1, 0.15) is 17.7 Å². The molecule has 2 unspecified atom stereocenters. The lowest BCUT2D eigenvalue weighted by molar-refractivity contribution is -0.133. The van der Waals surface area contributed by atoms with E-state index >= 15 is 0 Å². The molecular formula is C25H28F2N2O6. The predicted molar refractivity (Wildman–Crippen MR) is 122 cm³/mol. The molecule has 4 N–H and O–H groups in total. The number of aliphatic hydroxyl groups is 2. The van der Waals surface area contributed by atoms with Gasteiger partial charge in [0.15, 0.2) is 11.4 Å². The van der Waals surface area contributed by atoms with Gasteiger partial charge >= 0.3 is 0 Å². The van der Waals surface area contributed by atoms with Crippen LogP contribution in [0.25, 0.3) is 11.1 Å². The van der Waals surface area contributed by atoms with E-state index in [0.29, 0.717) is 5.56 Å². The Morgan fingerprint density at radius 3 is 2.34 bits per heavy atom. The van der Waals surface area contributed by atoms with Gasteiger partial charge in [0, 0.05) is 17.2 Å². The zero-order valence-electron chi connectivity index (χ0n) is 19.4. The second kappa shape index (κ2) is 11.0. The van der Waals surface area contributed by atoms with Gasteiger partial charge < -0.3 is 25.6 Å². The van der Waals surface area contributed by atoms with Crippen LogP contribution in [0.5, 0.6) is 0 Å². The molecule has 188 valence electrons. The van der Waals surface area contributed by atoms with Crippen molar-refractivity contribution in [3.05, 3.63) is 59.7 Å². The van der Waals surface area contributed by atoms with Gasteiger partial charge in [0.25, 0.3) is 5.91 Å². The summed E-state index contributed by atoms with van der Waals surface area (Å²) in [6, 6.07) is 6.59. The number of aliphatic hydroxyl groups excluding tert-OH is 2. The largest absolute Gasteiger partial charge is 0.394 e. The molecule has 1 aliphatic rings. The first kappa shape index (κ1) is 26.4. The molecule has 8 nitrogen and oxygen atoms in total. The molecule has 0 aliphatic carbocycles. The lowest BCUT2D eigenvalue weighted by Crippen LogP contribution is -2.55. The molecule has 1 fully saturated rings. The molecule has 0 saturated carbocycles. The fourth-order valence-corrected chi connectivity index (χ4v) is 3.68. The standard InChI is InChI=1S/C25H28F2N2O6/c1-14(2)8-20(22(32)25(12-31)13-35-25)28-24(34)21(11-30)29-23(33)16-5-3-4-15(9-16)18-7-6-17(26)10-19(18)27/h3-7,9-10,14,20-21,30-31H,8,11-13H2,1-2H3,(H,28,34)(H,29,33)/t20?,21-,25?/m0/s1. The number of nitrogens with one attached hydrogen (secondary N) is 2. The Kier molecular flexibility index (Phi) is 8.31. The van der Waals surface area contributed by atoms with Gasteiger partial charge in [-0.3, -0.25) is 14.4 Å². The van der Waals surface area contributed by atoms with Gasteiger partial charge in [-0.1, -0.05) is 26.0 Å². The quantitative estimate of drug-likeness (QED) is 0.354. The highest BCUT2D eigenvalue weighted by atomic mass is 19.1. The first-order valence-corrected chi connectivity index (χ1v) is 11.2. The summed E-state index contributed by atoms with van der Waals surface area (Å²) in [6.07, 6.45) is 0.271. The third-order valence-electron chi connectivity index (χ3n) is 5.71. The van der Waals surface area contributed by atoms with Crippen molar-refractivity contribution in [2.45, 2.75) is 38.0 Å². The van der Waals surface area contributed by atoms with Gasteiger partial charge in [-0.2, -0.15) is 0 Å². The summed E-state index contributed by atoms with van der Waals surface area (Å²) in [5, 5.41) is 24.2. The van der Waals surface area contributed by atoms with Crippen molar-refractivity contribution < 1.29 is 38.1 Å². The number of hydrogen-bond acceptors (Lipinski definition) is 6. The average molecular weight is 491 g/mol. The maximum atomic E-state index is 14.2. The number of hydrogen-bond donors (Lipinski definition) is 4. The monoisotopic (exact) mass is 490 g/mol. The van der Waals surface area contributed by atoms with Crippen LogP contribution < -0.4 is 10.6 Å². The van der Waals surface area contributed by atoms with Crippen molar-refractivity contribution in [3.63, 3.8) is 0 Å². The highest BCUT2D eigenvalue weighted by molar-refractivity contribution is 6.00. The molecule has 1 heterocycles. The molecule has 35 heavy (non-hydrogen) atoms. The SMILES string of the molecule is CC(C)CC(NC(=O)[C@H](CO)NC(=O)c1cccc(-c2ccc(F)cc2F)c1)C(=O)C1(CO)CO1. The van der Waals surface area contributed by atoms with E-state index in [2.05, 4.69) is 10.6 Å². The molecule has 10 heteroatoms. The maximum Gasteiger partial charge on any atom is 0.252 e. The fraction of sp³-hybridized carbons (Fsp3) is 0.400. The lowest BCUT2D eigenvalue weighted by atomic mass is 9.92. The zero-order chi connectivity index (χ0) is 25.8. The highest BCUT2D eigenvalue weighted by Gasteiger charge is 2.54. The smallest absolute Gasteiger partial charge is 0.252 e. The molecule has 2 aromatic rings. The van der Waals surface area contributed by atoms with Crippen molar-refractivity contribution in [3.8, 4) is 11.1 Å². The van der Waals surface area contributed by atoms with Crippen LogP contribution in [0, 0.1) is 17.6 Å². The number of ether oxygens (including phenoxy) is 1. The van der Waals surface area contributed by atoms with Gasteiger partial charge in [-0.25, -0.2) is 8.78 Å². The Labute approximate surface area is 201 Å². The number of benzene rings is 2. The third-order valence-corrected chi connectivity index (χ3v) is 5.71. The summed E-state index contributed by atoms with van der Waals surface area (Å²) in [6.45, 7) is 2.51. The Bertz CT molecular complexity index is 1100. The van der Waals surface area contributed by atoms with Crippen LogP contribution in [-0.4, -0.2) is 65.3 Å². The molecule has 0 bridgehead atoms. The van der Waals surface area contributed by atoms with E-state index in [1.807, 2.05) is 13.8 Å². The number of halogens is 2. The first-order chi connectivity index (χ1) is 16.6. The summed E-state index contributed by atoms with van der Waals surface area (Å²) in [4.78, 5) is 38.4. The van der Waals surface area contributed by atoms with Crippen LogP contribution in [0.3, 0.4) is 0 Å². The van der Waals surface area contributed by atoms with Gasteiger partial charge in [0.2, 0.25) is 5.91 Å². The van der Waals surface area contributed by atoms with E-state index in [9.17, 15) is 33.4 Å². The number of rotatable bonds is 11. The van der Waals surface area contributed by atoms with Crippen LogP contribution in [0.1, 0.15) is 30.6 Å². The van der Waals surface area contributed by atoms with Crippen LogP contribution in [0.2, 0.25) is 0 Å². The van der Waals surface area contributed by atoms with Crippen LogP contribution in [0.15, 0.2) is 42.5 Å². The average Bonchev–Trinajstić information content (AvgIpc) is 3.62. The van der Waals surface area contributed by atoms with Crippen LogP contribution >= 0.6 is 0 Å². The molecule has 1 aliphatic heterocycles. The molecule has 2 amide bonds. The summed E-state index contributed by atoms with van der Waals surface area (Å²) < 4.78 is 32.5. The van der Waals surface area contributed by atoms with E-state index in [1.54, 1.807) is 6.07 Å². The fourth-order valence-electron chi connectivity index (χ4n) is 3.68.